The van der Waals surface area contributed by atoms with E-state index in [0.29, 0.717) is 5.75 Å². The lowest BCUT2D eigenvalue weighted by molar-refractivity contribution is 0.475. The Hall–Kier alpha value is -2.69. The first-order chi connectivity index (χ1) is 22.6. The predicted octanol–water partition coefficient (Wildman–Crippen LogP) is 14.4. The highest BCUT2D eigenvalue weighted by atomic mass is 19.0. The van der Waals surface area contributed by atoms with Crippen LogP contribution >= 0.6 is 0 Å². The maximum absolute atomic E-state index is 8.63. The van der Waals surface area contributed by atoms with E-state index in [-0.39, 0.29) is 34.6 Å². The number of aryl methyl sites for hydroxylation is 1. The number of nitrogens with two attached hydrogens (primary N) is 1. The van der Waals surface area contributed by atoms with E-state index in [9.17, 15) is 0 Å². The minimum absolute atomic E-state index is 0. The van der Waals surface area contributed by atoms with Crippen LogP contribution in [-0.4, -0.2) is 11.1 Å². The zero-order valence-corrected chi connectivity index (χ0v) is 28.0. The van der Waals surface area contributed by atoms with Gasteiger partial charge in [0, 0.05) is 21.2 Å². The molecule has 0 radical (unpaired) electrons. The first-order valence-corrected chi connectivity index (χ1v) is 10.2. The summed E-state index contributed by atoms with van der Waals surface area (Å²) in [5.74, 6) is 0.322. The monoisotopic (exact) mass is 617 g/mol. The van der Waals surface area contributed by atoms with Crippen LogP contribution in [0, 0.1) is 0 Å². The number of phenolic OH excluding ortho intramolecular Hbond substituents is 1. The van der Waals surface area contributed by atoms with Crippen LogP contribution in [0.5, 0.6) is 5.75 Å². The van der Waals surface area contributed by atoms with Crippen molar-refractivity contribution in [2.24, 2.45) is 5.73 Å². The SMILES string of the molecule is C.C.CC.CC(N)Cc1ccccc1.CCCc1ccccc1.F.N.Oc1ccccc1.[2HH].[2HH].[3H]C.[3H]C.[3H]C.[3H]C.[3H]C.[3H]C.[3H]C.[3H]C.[3H]C. The summed E-state index contributed by atoms with van der Waals surface area (Å²) in [4.78, 5) is 0. The van der Waals surface area contributed by atoms with Crippen molar-refractivity contribution < 1.29 is 25.0 Å². The summed E-state index contributed by atoms with van der Waals surface area (Å²) in [5.41, 5.74) is 8.39. The van der Waals surface area contributed by atoms with Crippen molar-refractivity contribution in [3.8, 4) is 5.75 Å². The number of rotatable bonds is 4. The predicted molar refractivity (Wildman–Crippen MR) is 209 cm³/mol. The van der Waals surface area contributed by atoms with Gasteiger partial charge in [0.15, 0.2) is 0 Å². The van der Waals surface area contributed by atoms with Crippen LogP contribution < -0.4 is 11.9 Å². The largest absolute Gasteiger partial charge is 0.508 e. The van der Waals surface area contributed by atoms with E-state index in [1.165, 1.54) is 90.6 Å². The molecule has 3 aromatic carbocycles. The number of halogens is 1. The highest BCUT2D eigenvalue weighted by Gasteiger charge is 1.94. The van der Waals surface area contributed by atoms with Gasteiger partial charge in [-0.25, -0.2) is 0 Å². The molecule has 1 atom stereocenters. The van der Waals surface area contributed by atoms with Crippen LogP contribution in [0.4, 0.5) is 4.70 Å². The molecule has 4 heteroatoms. The standard InChI is InChI=1S/C9H13N.C9H12.C6H6O.C2H6.11CH4.FH.H3N.2H2/c1-8(10)7-9-5-3-2-4-6-9;1-2-6-9-7-4-3-5-8-9;7-6-4-2-1-3-5-6;1-2;;;;;;;;;;;;;;;/h2-6,8H,7,10H2,1H3;3-5,7-8H,2,6H2,1H3;1-5,7H;1-2H3;11*1H4;1H;1H3;2*1H/i;;;;9*1T;;;;;2*1+1. The minimum Gasteiger partial charge on any atom is -0.508 e. The number of hydrogen-bond acceptors (Lipinski definition) is 3. The maximum atomic E-state index is 8.63. The van der Waals surface area contributed by atoms with Crippen LogP contribution in [0.3, 0.4) is 0 Å². The Bertz CT molecular complexity index is 718. The van der Waals surface area contributed by atoms with Crippen LogP contribution in [0.25, 0.3) is 0 Å². The van der Waals surface area contributed by atoms with Crippen molar-refractivity contribution in [3.05, 3.63) is 102 Å². The van der Waals surface area contributed by atoms with Crippen LogP contribution in [0.2, 0.25) is 0 Å². The van der Waals surface area contributed by atoms with E-state index in [1.807, 2.05) is 45.0 Å². The van der Waals surface area contributed by atoms with Gasteiger partial charge < -0.3 is 17.0 Å². The van der Waals surface area contributed by atoms with Gasteiger partial charge in [-0.3, -0.25) is 4.70 Å². The van der Waals surface area contributed by atoms with Crippen molar-refractivity contribution in [3.63, 3.8) is 0 Å². The highest BCUT2D eigenvalue weighted by Crippen LogP contribution is 2.03. The summed E-state index contributed by atoms with van der Waals surface area (Å²) < 4.78 is 51.8. The molecule has 0 saturated heterocycles. The average Bonchev–Trinajstić information content (AvgIpc) is 3.18. The minimum atomic E-state index is 0. The Kier molecular flexibility index (Phi) is 77.3. The van der Waals surface area contributed by atoms with Crippen molar-refractivity contribution >= 4 is 0 Å². The van der Waals surface area contributed by atoms with Crippen molar-refractivity contribution in [2.75, 3.05) is 0 Å². The highest BCUT2D eigenvalue weighted by molar-refractivity contribution is 5.18. The van der Waals surface area contributed by atoms with E-state index in [0.717, 1.165) is 6.42 Å². The molecule has 0 amide bonds. The summed E-state index contributed by atoms with van der Waals surface area (Å²) >= 11 is 0. The normalized spacial score (nSPS) is 8.39. The molecule has 0 saturated carbocycles. The van der Waals surface area contributed by atoms with Gasteiger partial charge in [0.1, 0.15) is 5.75 Å². The first kappa shape index (κ1) is 48.1. The second kappa shape index (κ2) is 66.0. The molecule has 0 aliphatic rings. The van der Waals surface area contributed by atoms with Gasteiger partial charge in [0.25, 0.3) is 0 Å². The zero-order valence-electron chi connectivity index (χ0n) is 37.0. The van der Waals surface area contributed by atoms with Gasteiger partial charge in [0.2, 0.25) is 0 Å². The van der Waals surface area contributed by atoms with Gasteiger partial charge in [-0.1, -0.05) is 188 Å². The van der Waals surface area contributed by atoms with Gasteiger partial charge in [0.05, 0.1) is 0 Å². The quantitative estimate of drug-likeness (QED) is 0.273. The summed E-state index contributed by atoms with van der Waals surface area (Å²) in [5, 5.41) is 8.63. The van der Waals surface area contributed by atoms with Gasteiger partial charge >= 0.3 is 0 Å². The Morgan fingerprint density at radius 2 is 0.902 bits per heavy atom. The zero-order chi connectivity index (χ0) is 39.0. The molecule has 41 heavy (non-hydrogen) atoms. The number of phenols is 1. The van der Waals surface area contributed by atoms with Crippen LogP contribution in [0.15, 0.2) is 91.0 Å². The third-order valence-electron chi connectivity index (χ3n) is 3.54. The van der Waals surface area contributed by atoms with Crippen molar-refractivity contribution in [1.82, 2.24) is 6.15 Å². The van der Waals surface area contributed by atoms with Gasteiger partial charge in [-0.05, 0) is 43.0 Å². The number of aromatic hydroxyl groups is 1. The Morgan fingerprint density at radius 3 is 1.12 bits per heavy atom. The molecule has 0 spiro atoms. The topological polar surface area (TPSA) is 81.2 Å². The lowest BCUT2D eigenvalue weighted by Crippen LogP contribution is -2.17. The second-order valence-corrected chi connectivity index (χ2v) is 6.24. The van der Waals surface area contributed by atoms with E-state index in [2.05, 4.69) is 49.4 Å². The molecule has 3 nitrogen and oxygen atoms in total. The molecule has 3 rings (SSSR count). The summed E-state index contributed by atoms with van der Waals surface area (Å²) in [6, 6.07) is 29.8. The van der Waals surface area contributed by atoms with E-state index >= 15 is 0 Å². The molecule has 0 aliphatic carbocycles. The van der Waals surface area contributed by atoms with E-state index < -0.39 is 0 Å². The molecule has 0 aromatic heterocycles. The molecule has 0 aliphatic heterocycles. The lowest BCUT2D eigenvalue weighted by atomic mass is 10.1. The molecular formula is C37H89FN2O. The average molecular weight is 617 g/mol. The Balaban J connectivity index is -0.0000000206. The molecule has 260 valence electrons. The molecule has 1 unspecified atom stereocenters. The van der Waals surface area contributed by atoms with Crippen LogP contribution in [-0.2, 0) is 12.8 Å². The Morgan fingerprint density at radius 1 is 0.634 bits per heavy atom. The number of benzene rings is 3. The third kappa shape index (κ3) is 58.0. The van der Waals surface area contributed by atoms with E-state index in [4.69, 9.17) is 23.2 Å². The number of hydrogen-bond donors (Lipinski definition) is 3. The molecule has 0 fully saturated rings. The fourth-order valence-electron chi connectivity index (χ4n) is 2.35. The first-order valence-electron chi connectivity index (χ1n) is 19.2. The smallest absolute Gasteiger partial charge is 0.115 e. The van der Waals surface area contributed by atoms with Crippen LogP contribution in [0.1, 0.15) is 142 Å². The fourth-order valence-corrected chi connectivity index (χ4v) is 2.35. The summed E-state index contributed by atoms with van der Waals surface area (Å²) in [7, 11) is 11.2. The maximum Gasteiger partial charge on any atom is 0.115 e. The van der Waals surface area contributed by atoms with E-state index in [1.54, 1.807) is 24.3 Å². The van der Waals surface area contributed by atoms with Gasteiger partial charge in [-0.2, -0.15) is 0 Å². The lowest BCUT2D eigenvalue weighted by Gasteiger charge is -2.02. The molecule has 0 heterocycles. The number of para-hydroxylation sites is 1. The van der Waals surface area contributed by atoms with Crippen molar-refractivity contribution in [1.29, 1.82) is 0 Å². The Labute approximate surface area is 279 Å². The molecular weight excluding hydrogens is 507 g/mol. The van der Waals surface area contributed by atoms with Gasteiger partial charge in [-0.15, -0.1) is 0 Å². The summed E-state index contributed by atoms with van der Waals surface area (Å²) in [6.07, 6.45) is 3.42. The second-order valence-electron chi connectivity index (χ2n) is 6.24. The molecule has 3 aromatic rings. The third-order valence-corrected chi connectivity index (χ3v) is 3.54. The summed E-state index contributed by atoms with van der Waals surface area (Å²) in [6.45, 7) is 8.22. The van der Waals surface area contributed by atoms with Crippen molar-refractivity contribution in [2.45, 2.75) is 134 Å². The molecule has 0 bridgehead atoms. The molecule has 6 N–H and O–H groups in total. The fraction of sp³-hybridized carbons (Fsp3) is 0.514.